The Balaban J connectivity index is 2.27. The lowest BCUT2D eigenvalue weighted by Gasteiger charge is -2.25. The van der Waals surface area contributed by atoms with Crippen molar-refractivity contribution in [2.24, 2.45) is 0 Å². The maximum atomic E-state index is 12.7. The second-order valence-corrected chi connectivity index (χ2v) is 4.79. The number of carbonyl (C=O) groups excluding carboxylic acids is 1. The van der Waals surface area contributed by atoms with Crippen LogP contribution in [0.2, 0.25) is 0 Å². The Morgan fingerprint density at radius 3 is 2.59 bits per heavy atom. The molecule has 0 aliphatic heterocycles. The Morgan fingerprint density at radius 2 is 2.00 bits per heavy atom. The van der Waals surface area contributed by atoms with E-state index in [1.165, 1.54) is 13.4 Å². The van der Waals surface area contributed by atoms with Crippen LogP contribution in [0.5, 0.6) is 11.5 Å². The lowest BCUT2D eigenvalue weighted by atomic mass is 10.1. The van der Waals surface area contributed by atoms with Crippen molar-refractivity contribution in [1.82, 2.24) is 14.9 Å². The number of rotatable bonds is 5. The van der Waals surface area contributed by atoms with Crippen molar-refractivity contribution in [2.45, 2.75) is 13.0 Å². The van der Waals surface area contributed by atoms with Gasteiger partial charge in [0.05, 0.1) is 31.5 Å². The van der Waals surface area contributed by atoms with Crippen LogP contribution >= 0.6 is 0 Å². The van der Waals surface area contributed by atoms with Crippen molar-refractivity contribution >= 4 is 5.91 Å². The summed E-state index contributed by atoms with van der Waals surface area (Å²) in [5, 5.41) is 0. The zero-order chi connectivity index (χ0) is 16.1. The summed E-state index contributed by atoms with van der Waals surface area (Å²) < 4.78 is 10.4. The van der Waals surface area contributed by atoms with Crippen molar-refractivity contribution in [3.63, 3.8) is 0 Å². The van der Waals surface area contributed by atoms with Gasteiger partial charge in [-0.3, -0.25) is 4.79 Å². The van der Waals surface area contributed by atoms with Gasteiger partial charge in [0.1, 0.15) is 17.8 Å². The highest BCUT2D eigenvalue weighted by Crippen LogP contribution is 2.27. The molecule has 2 aromatic rings. The van der Waals surface area contributed by atoms with Crippen LogP contribution in [0, 0.1) is 0 Å². The van der Waals surface area contributed by atoms with Crippen LogP contribution < -0.4 is 9.47 Å². The number of benzene rings is 1. The summed E-state index contributed by atoms with van der Waals surface area (Å²) in [6.07, 6.45) is 3.13. The average Bonchev–Trinajstić information content (AvgIpc) is 2.59. The van der Waals surface area contributed by atoms with E-state index in [0.29, 0.717) is 17.1 Å². The van der Waals surface area contributed by atoms with Crippen LogP contribution in [0.15, 0.2) is 36.8 Å². The number of ether oxygens (including phenoxy) is 2. The zero-order valence-electron chi connectivity index (χ0n) is 13.1. The number of hydrogen-bond acceptors (Lipinski definition) is 5. The standard InChI is InChI=1S/C16H19N3O3/c1-11(14-7-8-17-10-18-14)19(2)16(20)13-6-5-12(21-3)9-15(13)22-4/h5-11H,1-4H3/t11-/m1/s1. The molecule has 1 atom stereocenters. The first kappa shape index (κ1) is 15.8. The maximum absolute atomic E-state index is 12.7. The predicted molar refractivity (Wildman–Crippen MR) is 82.1 cm³/mol. The predicted octanol–water partition coefficient (Wildman–Crippen LogP) is 2.33. The summed E-state index contributed by atoms with van der Waals surface area (Å²) in [5.74, 6) is 0.969. The summed E-state index contributed by atoms with van der Waals surface area (Å²) in [6.45, 7) is 1.91. The van der Waals surface area contributed by atoms with E-state index in [2.05, 4.69) is 9.97 Å². The van der Waals surface area contributed by atoms with Gasteiger partial charge in [-0.05, 0) is 25.1 Å². The quantitative estimate of drug-likeness (QED) is 0.848. The monoisotopic (exact) mass is 301 g/mol. The third-order valence-electron chi connectivity index (χ3n) is 3.57. The summed E-state index contributed by atoms with van der Waals surface area (Å²) in [7, 11) is 4.83. The third kappa shape index (κ3) is 3.16. The molecular weight excluding hydrogens is 282 g/mol. The fourth-order valence-corrected chi connectivity index (χ4v) is 2.09. The van der Waals surface area contributed by atoms with Crippen LogP contribution in [-0.4, -0.2) is 42.0 Å². The van der Waals surface area contributed by atoms with Gasteiger partial charge in [-0.15, -0.1) is 0 Å². The number of amides is 1. The summed E-state index contributed by atoms with van der Waals surface area (Å²) in [4.78, 5) is 22.4. The minimum absolute atomic E-state index is 0.148. The molecule has 116 valence electrons. The normalized spacial score (nSPS) is 11.6. The molecule has 0 spiro atoms. The van der Waals surface area contributed by atoms with Crippen LogP contribution in [0.25, 0.3) is 0 Å². The molecular formula is C16H19N3O3. The van der Waals surface area contributed by atoms with E-state index in [4.69, 9.17) is 9.47 Å². The molecule has 1 heterocycles. The Morgan fingerprint density at radius 1 is 1.23 bits per heavy atom. The van der Waals surface area contributed by atoms with E-state index < -0.39 is 0 Å². The number of carbonyl (C=O) groups is 1. The largest absolute Gasteiger partial charge is 0.497 e. The second-order valence-electron chi connectivity index (χ2n) is 4.79. The minimum atomic E-state index is -0.178. The smallest absolute Gasteiger partial charge is 0.257 e. The van der Waals surface area contributed by atoms with Crippen molar-refractivity contribution in [3.05, 3.63) is 48.0 Å². The van der Waals surface area contributed by atoms with Crippen molar-refractivity contribution in [1.29, 1.82) is 0 Å². The Kier molecular flexibility index (Phi) is 4.93. The molecule has 0 aliphatic rings. The maximum Gasteiger partial charge on any atom is 0.257 e. The lowest BCUT2D eigenvalue weighted by Crippen LogP contribution is -2.30. The molecule has 6 nitrogen and oxygen atoms in total. The topological polar surface area (TPSA) is 64.5 Å². The zero-order valence-corrected chi connectivity index (χ0v) is 13.1. The van der Waals surface area contributed by atoms with Gasteiger partial charge in [-0.2, -0.15) is 0 Å². The summed E-state index contributed by atoms with van der Waals surface area (Å²) >= 11 is 0. The van der Waals surface area contributed by atoms with Gasteiger partial charge in [0.25, 0.3) is 5.91 Å². The van der Waals surface area contributed by atoms with Gasteiger partial charge in [0.15, 0.2) is 0 Å². The second kappa shape index (κ2) is 6.89. The van der Waals surface area contributed by atoms with E-state index in [9.17, 15) is 4.79 Å². The van der Waals surface area contributed by atoms with Crippen LogP contribution in [0.1, 0.15) is 29.0 Å². The van der Waals surface area contributed by atoms with Crippen LogP contribution in [-0.2, 0) is 0 Å². The molecule has 0 N–H and O–H groups in total. The molecule has 0 saturated heterocycles. The SMILES string of the molecule is COc1ccc(C(=O)N(C)[C@H](C)c2ccncn2)c(OC)c1. The molecule has 0 saturated carbocycles. The molecule has 0 bridgehead atoms. The molecule has 1 aromatic carbocycles. The fraction of sp³-hybridized carbons (Fsp3) is 0.312. The molecule has 0 radical (unpaired) electrons. The Bertz CT molecular complexity index is 646. The molecule has 0 aliphatic carbocycles. The van der Waals surface area contributed by atoms with Gasteiger partial charge < -0.3 is 14.4 Å². The van der Waals surface area contributed by atoms with E-state index in [-0.39, 0.29) is 11.9 Å². The highest BCUT2D eigenvalue weighted by molar-refractivity contribution is 5.97. The van der Waals surface area contributed by atoms with E-state index in [1.807, 2.05) is 6.92 Å². The van der Waals surface area contributed by atoms with Gasteiger partial charge in [-0.1, -0.05) is 0 Å². The lowest BCUT2D eigenvalue weighted by molar-refractivity contribution is 0.0736. The summed E-state index contributed by atoms with van der Waals surface area (Å²) in [6, 6.07) is 6.74. The van der Waals surface area contributed by atoms with Crippen molar-refractivity contribution < 1.29 is 14.3 Å². The highest BCUT2D eigenvalue weighted by Gasteiger charge is 2.22. The highest BCUT2D eigenvalue weighted by atomic mass is 16.5. The fourth-order valence-electron chi connectivity index (χ4n) is 2.09. The molecule has 0 fully saturated rings. The van der Waals surface area contributed by atoms with Crippen molar-refractivity contribution in [2.75, 3.05) is 21.3 Å². The molecule has 0 unspecified atom stereocenters. The van der Waals surface area contributed by atoms with E-state index >= 15 is 0 Å². The molecule has 1 aromatic heterocycles. The number of hydrogen-bond donors (Lipinski definition) is 0. The Hall–Kier alpha value is -2.63. The number of methoxy groups -OCH3 is 2. The minimum Gasteiger partial charge on any atom is -0.497 e. The third-order valence-corrected chi connectivity index (χ3v) is 3.57. The van der Waals surface area contributed by atoms with Crippen LogP contribution in [0.4, 0.5) is 0 Å². The first-order valence-corrected chi connectivity index (χ1v) is 6.83. The molecule has 22 heavy (non-hydrogen) atoms. The number of nitrogens with zero attached hydrogens (tertiary/aromatic N) is 3. The van der Waals surface area contributed by atoms with Gasteiger partial charge >= 0.3 is 0 Å². The van der Waals surface area contributed by atoms with Crippen molar-refractivity contribution in [3.8, 4) is 11.5 Å². The molecule has 6 heteroatoms. The first-order chi connectivity index (χ1) is 10.6. The number of aromatic nitrogens is 2. The van der Waals surface area contributed by atoms with Gasteiger partial charge in [-0.25, -0.2) is 9.97 Å². The van der Waals surface area contributed by atoms with Gasteiger partial charge in [0.2, 0.25) is 0 Å². The van der Waals surface area contributed by atoms with E-state index in [1.54, 1.807) is 49.5 Å². The van der Waals surface area contributed by atoms with Crippen LogP contribution in [0.3, 0.4) is 0 Å². The van der Waals surface area contributed by atoms with E-state index in [0.717, 1.165) is 5.69 Å². The summed E-state index contributed by atoms with van der Waals surface area (Å²) in [5.41, 5.74) is 1.25. The average molecular weight is 301 g/mol. The molecule has 1 amide bonds. The first-order valence-electron chi connectivity index (χ1n) is 6.83. The molecule has 2 rings (SSSR count). The Labute approximate surface area is 129 Å². The van der Waals surface area contributed by atoms with Gasteiger partial charge in [0, 0.05) is 19.3 Å².